The van der Waals surface area contributed by atoms with Gasteiger partial charge in [-0.05, 0) is 31.9 Å². The molecule has 1 aromatic carbocycles. The third-order valence-corrected chi connectivity index (χ3v) is 5.10. The van der Waals surface area contributed by atoms with Gasteiger partial charge in [-0.2, -0.15) is 11.8 Å². The molecule has 0 bridgehead atoms. The average Bonchev–Trinajstić information content (AvgIpc) is 2.82. The summed E-state index contributed by atoms with van der Waals surface area (Å²) in [5.41, 5.74) is 1.37. The average molecular weight is 251 g/mol. The van der Waals surface area contributed by atoms with E-state index in [4.69, 9.17) is 0 Å². The zero-order chi connectivity index (χ0) is 12.1. The lowest BCUT2D eigenvalue weighted by Crippen LogP contribution is -2.44. The number of likely N-dealkylation sites (N-methyl/N-ethyl adjacent to an activating group) is 1. The molecule has 1 aliphatic carbocycles. The summed E-state index contributed by atoms with van der Waals surface area (Å²) >= 11 is 2.02. The Balaban J connectivity index is 1.82. The molecule has 2 unspecified atom stereocenters. The van der Waals surface area contributed by atoms with Crippen LogP contribution >= 0.6 is 11.8 Å². The lowest BCUT2D eigenvalue weighted by Gasteiger charge is -2.26. The first kappa shape index (κ1) is 12.9. The third-order valence-electron chi connectivity index (χ3n) is 3.72. The summed E-state index contributed by atoms with van der Waals surface area (Å²) in [5.74, 6) is 1.08. The van der Waals surface area contributed by atoms with E-state index in [1.54, 1.807) is 0 Å². The minimum absolute atomic E-state index is 0.0195. The molecule has 0 aliphatic heterocycles. The molecule has 3 heteroatoms. The number of hydrogen-bond acceptors (Lipinski definition) is 3. The van der Waals surface area contributed by atoms with Gasteiger partial charge in [0.2, 0.25) is 0 Å². The molecule has 0 saturated heterocycles. The number of aliphatic hydroxyl groups excluding tert-OH is 1. The van der Waals surface area contributed by atoms with Crippen LogP contribution in [0.3, 0.4) is 0 Å². The summed E-state index contributed by atoms with van der Waals surface area (Å²) in [6.45, 7) is 0.256. The van der Waals surface area contributed by atoms with Gasteiger partial charge in [-0.25, -0.2) is 0 Å². The highest BCUT2D eigenvalue weighted by Gasteiger charge is 2.37. The van der Waals surface area contributed by atoms with Crippen molar-refractivity contribution in [3.8, 4) is 0 Å². The van der Waals surface area contributed by atoms with Crippen LogP contribution in [0.15, 0.2) is 30.3 Å². The van der Waals surface area contributed by atoms with Gasteiger partial charge in [0.15, 0.2) is 0 Å². The highest BCUT2D eigenvalue weighted by Crippen LogP contribution is 2.37. The van der Waals surface area contributed by atoms with Crippen LogP contribution in [-0.4, -0.2) is 29.5 Å². The lowest BCUT2D eigenvalue weighted by molar-refractivity contribution is 0.173. The fourth-order valence-corrected chi connectivity index (χ4v) is 3.80. The van der Waals surface area contributed by atoms with E-state index in [1.165, 1.54) is 12.0 Å². The predicted molar refractivity (Wildman–Crippen MR) is 74.3 cm³/mol. The van der Waals surface area contributed by atoms with Crippen molar-refractivity contribution in [3.05, 3.63) is 35.9 Å². The van der Waals surface area contributed by atoms with Crippen LogP contribution in [-0.2, 0) is 5.75 Å². The first-order valence-electron chi connectivity index (χ1n) is 6.23. The SMILES string of the molecule is CNC1(CO)CCC(SCc2ccccc2)C1. The Morgan fingerprint density at radius 3 is 2.76 bits per heavy atom. The monoisotopic (exact) mass is 251 g/mol. The Morgan fingerprint density at radius 1 is 1.41 bits per heavy atom. The Kier molecular flexibility index (Phi) is 4.48. The Bertz CT molecular complexity index is 337. The van der Waals surface area contributed by atoms with E-state index >= 15 is 0 Å². The minimum atomic E-state index is -0.0195. The summed E-state index contributed by atoms with van der Waals surface area (Å²) < 4.78 is 0. The Hall–Kier alpha value is -0.510. The van der Waals surface area contributed by atoms with Gasteiger partial charge in [-0.1, -0.05) is 30.3 Å². The molecule has 1 aliphatic rings. The summed E-state index contributed by atoms with van der Waals surface area (Å²) in [6.07, 6.45) is 3.38. The fourth-order valence-electron chi connectivity index (χ4n) is 2.46. The van der Waals surface area contributed by atoms with Crippen LogP contribution in [0.2, 0.25) is 0 Å². The van der Waals surface area contributed by atoms with E-state index < -0.39 is 0 Å². The molecule has 17 heavy (non-hydrogen) atoms. The summed E-state index contributed by atoms with van der Waals surface area (Å²) in [5, 5.41) is 13.4. The normalized spacial score (nSPS) is 28.5. The van der Waals surface area contributed by atoms with Crippen molar-refractivity contribution < 1.29 is 5.11 Å². The van der Waals surface area contributed by atoms with Crippen LogP contribution in [0.25, 0.3) is 0 Å². The zero-order valence-corrected chi connectivity index (χ0v) is 11.2. The molecule has 0 amide bonds. The van der Waals surface area contributed by atoms with Gasteiger partial charge in [0.1, 0.15) is 0 Å². The fraction of sp³-hybridized carbons (Fsp3) is 0.571. The third kappa shape index (κ3) is 3.24. The van der Waals surface area contributed by atoms with Gasteiger partial charge >= 0.3 is 0 Å². The predicted octanol–water partition coefficient (Wildman–Crippen LogP) is 2.42. The van der Waals surface area contributed by atoms with Gasteiger partial charge in [-0.15, -0.1) is 0 Å². The molecule has 1 saturated carbocycles. The maximum atomic E-state index is 9.45. The quantitative estimate of drug-likeness (QED) is 0.843. The summed E-state index contributed by atoms with van der Waals surface area (Å²) in [6, 6.07) is 10.6. The molecule has 0 heterocycles. The first-order chi connectivity index (χ1) is 8.28. The lowest BCUT2D eigenvalue weighted by atomic mass is 10.00. The largest absolute Gasteiger partial charge is 0.394 e. The molecule has 0 radical (unpaired) electrons. The molecule has 2 nitrogen and oxygen atoms in total. The number of thioether (sulfide) groups is 1. The van der Waals surface area contributed by atoms with Crippen molar-refractivity contribution in [2.45, 2.75) is 35.8 Å². The molecular formula is C14H21NOS. The molecule has 2 N–H and O–H groups in total. The van der Waals surface area contributed by atoms with E-state index in [2.05, 4.69) is 35.6 Å². The second-order valence-corrected chi connectivity index (χ2v) is 6.14. The summed E-state index contributed by atoms with van der Waals surface area (Å²) in [4.78, 5) is 0. The first-order valence-corrected chi connectivity index (χ1v) is 7.28. The second-order valence-electron chi connectivity index (χ2n) is 4.85. The van der Waals surface area contributed by atoms with Crippen LogP contribution < -0.4 is 5.32 Å². The molecule has 2 rings (SSSR count). The van der Waals surface area contributed by atoms with Crippen LogP contribution in [0.5, 0.6) is 0 Å². The van der Waals surface area contributed by atoms with Crippen molar-refractivity contribution in [2.24, 2.45) is 0 Å². The number of rotatable bonds is 5. The van der Waals surface area contributed by atoms with Crippen molar-refractivity contribution in [3.63, 3.8) is 0 Å². The van der Waals surface area contributed by atoms with Crippen molar-refractivity contribution in [2.75, 3.05) is 13.7 Å². The molecular weight excluding hydrogens is 230 g/mol. The van der Waals surface area contributed by atoms with Crippen molar-refractivity contribution in [1.29, 1.82) is 0 Å². The minimum Gasteiger partial charge on any atom is -0.394 e. The van der Waals surface area contributed by atoms with Gasteiger partial charge in [0, 0.05) is 16.5 Å². The summed E-state index contributed by atoms with van der Waals surface area (Å²) in [7, 11) is 1.96. The molecule has 0 aromatic heterocycles. The molecule has 94 valence electrons. The molecule has 0 spiro atoms. The van der Waals surface area contributed by atoms with Crippen molar-refractivity contribution in [1.82, 2.24) is 5.32 Å². The van der Waals surface area contributed by atoms with Crippen molar-refractivity contribution >= 4 is 11.8 Å². The topological polar surface area (TPSA) is 32.3 Å². The standard InChI is InChI=1S/C14H21NOS/c1-15-14(11-16)8-7-13(9-14)17-10-12-5-3-2-4-6-12/h2-6,13,15-16H,7-11H2,1H3. The smallest absolute Gasteiger partial charge is 0.0613 e. The molecule has 2 atom stereocenters. The van der Waals surface area contributed by atoms with Crippen LogP contribution in [0, 0.1) is 0 Å². The zero-order valence-electron chi connectivity index (χ0n) is 10.4. The Labute approximate surface area is 108 Å². The highest BCUT2D eigenvalue weighted by molar-refractivity contribution is 7.99. The number of nitrogens with one attached hydrogen (secondary N) is 1. The van der Waals surface area contributed by atoms with Gasteiger partial charge < -0.3 is 10.4 Å². The molecule has 1 aromatic rings. The van der Waals surface area contributed by atoms with Gasteiger partial charge in [0.25, 0.3) is 0 Å². The maximum Gasteiger partial charge on any atom is 0.0613 e. The van der Waals surface area contributed by atoms with E-state index in [-0.39, 0.29) is 12.1 Å². The van der Waals surface area contributed by atoms with E-state index in [0.717, 1.165) is 18.6 Å². The van der Waals surface area contributed by atoms with Crippen LogP contribution in [0.1, 0.15) is 24.8 Å². The highest BCUT2D eigenvalue weighted by atomic mass is 32.2. The number of aliphatic hydroxyl groups is 1. The van der Waals surface area contributed by atoms with E-state index in [1.807, 2.05) is 18.8 Å². The number of benzene rings is 1. The van der Waals surface area contributed by atoms with Gasteiger partial charge in [0.05, 0.1) is 6.61 Å². The van der Waals surface area contributed by atoms with Gasteiger partial charge in [-0.3, -0.25) is 0 Å². The Morgan fingerprint density at radius 2 is 2.18 bits per heavy atom. The van der Waals surface area contributed by atoms with Crippen LogP contribution in [0.4, 0.5) is 0 Å². The van der Waals surface area contributed by atoms with E-state index in [0.29, 0.717) is 5.25 Å². The second kappa shape index (κ2) is 5.89. The number of hydrogen-bond donors (Lipinski definition) is 2. The molecule has 1 fully saturated rings. The van der Waals surface area contributed by atoms with E-state index in [9.17, 15) is 5.11 Å². The maximum absolute atomic E-state index is 9.45.